The molecule has 2 aliphatic rings. The molecule has 1 unspecified atom stereocenters. The number of nitrogens with zero attached hydrogens (tertiary/aromatic N) is 3. The van der Waals surface area contributed by atoms with Crippen molar-refractivity contribution in [1.82, 2.24) is 15.1 Å². The van der Waals surface area contributed by atoms with Gasteiger partial charge in [-0.15, -0.1) is 0 Å². The van der Waals surface area contributed by atoms with Gasteiger partial charge in [0.2, 0.25) is 5.91 Å². The quantitative estimate of drug-likeness (QED) is 0.339. The molecule has 2 aromatic rings. The van der Waals surface area contributed by atoms with Crippen LogP contribution in [0.1, 0.15) is 58.2 Å². The lowest BCUT2D eigenvalue weighted by Crippen LogP contribution is -2.59. The molecule has 254 valence electrons. The van der Waals surface area contributed by atoms with Crippen LogP contribution in [0.15, 0.2) is 48.5 Å². The maximum atomic E-state index is 13.6. The van der Waals surface area contributed by atoms with Crippen LogP contribution in [0.2, 0.25) is 0 Å². The van der Waals surface area contributed by atoms with E-state index in [4.69, 9.17) is 4.74 Å². The molecule has 2 aliphatic heterocycles. The summed E-state index contributed by atoms with van der Waals surface area (Å²) >= 11 is 0. The number of alkyl halides is 6. The third-order valence-electron chi connectivity index (χ3n) is 8.68. The lowest BCUT2D eigenvalue weighted by molar-refractivity contribution is -0.376. The molecule has 2 N–H and O–H groups in total. The Morgan fingerprint density at radius 2 is 1.67 bits per heavy atom. The second kappa shape index (κ2) is 13.1. The van der Waals surface area contributed by atoms with E-state index in [2.05, 4.69) is 12.2 Å². The van der Waals surface area contributed by atoms with Gasteiger partial charge >= 0.3 is 12.4 Å². The number of anilines is 1. The lowest BCUT2D eigenvalue weighted by atomic mass is 9.89. The molecule has 13 heteroatoms. The van der Waals surface area contributed by atoms with Crippen LogP contribution in [0, 0.1) is 0 Å². The van der Waals surface area contributed by atoms with E-state index >= 15 is 0 Å². The van der Waals surface area contributed by atoms with Gasteiger partial charge in [-0.05, 0) is 76.9 Å². The smallest absolute Gasteiger partial charge is 0.430 e. The Kier molecular flexibility index (Phi) is 10.1. The fourth-order valence-corrected chi connectivity index (χ4v) is 6.26. The van der Waals surface area contributed by atoms with Crippen molar-refractivity contribution >= 4 is 17.7 Å². The zero-order valence-corrected chi connectivity index (χ0v) is 26.8. The lowest BCUT2D eigenvalue weighted by Gasteiger charge is -2.46. The minimum absolute atomic E-state index is 0.0680. The number of nitrogens with one attached hydrogen (secondary N) is 1. The van der Waals surface area contributed by atoms with Crippen molar-refractivity contribution in [2.75, 3.05) is 37.7 Å². The van der Waals surface area contributed by atoms with Crippen LogP contribution >= 0.6 is 0 Å². The first-order valence-corrected chi connectivity index (χ1v) is 15.2. The van der Waals surface area contributed by atoms with Crippen LogP contribution in [-0.2, 0) is 15.9 Å². The number of aliphatic hydroxyl groups is 1. The summed E-state index contributed by atoms with van der Waals surface area (Å²) < 4.78 is 87.2. The summed E-state index contributed by atoms with van der Waals surface area (Å²) in [5.74, 6) is 0.711. The molecule has 4 rings (SSSR count). The Hall–Kier alpha value is -3.29. The largest absolute Gasteiger partial charge is 0.491 e. The molecular formula is C33H42F6N4O3. The molecule has 0 aliphatic carbocycles. The number of hydrogen-bond acceptors (Lipinski definition) is 6. The molecular weight excluding hydrogens is 614 g/mol. The molecule has 0 bridgehead atoms. The highest BCUT2D eigenvalue weighted by molar-refractivity contribution is 5.79. The maximum Gasteiger partial charge on any atom is 0.430 e. The molecule has 2 saturated heterocycles. The van der Waals surface area contributed by atoms with Crippen LogP contribution in [-0.4, -0.2) is 84.2 Å². The molecule has 46 heavy (non-hydrogen) atoms. The van der Waals surface area contributed by atoms with E-state index in [0.717, 1.165) is 17.4 Å². The van der Waals surface area contributed by atoms with Crippen molar-refractivity contribution in [1.29, 1.82) is 0 Å². The summed E-state index contributed by atoms with van der Waals surface area (Å²) in [4.78, 5) is 19.2. The standard InChI is InChI=1S/C33H42F6N4O3/c1-7-8-24-15-26(31(45,32(34,35)36)33(37,38)39)11-14-28(24)42-16-23(5)43(17-22(42)4)29(44)18-41-19-30(6,40-20-41)25-9-12-27(13-10-25)46-21(2)3/h7-15,21-23,40,45H,16-20H2,1-6H3/t22?,23-,30-/m1/s1. The van der Waals surface area contributed by atoms with Crippen LogP contribution in [0.5, 0.6) is 5.75 Å². The highest BCUT2D eigenvalue weighted by atomic mass is 19.4. The fourth-order valence-electron chi connectivity index (χ4n) is 6.26. The van der Waals surface area contributed by atoms with E-state index in [-0.39, 0.29) is 41.7 Å². The molecule has 0 aromatic heterocycles. The van der Waals surface area contributed by atoms with Gasteiger partial charge in [-0.3, -0.25) is 15.0 Å². The number of carbonyl (C=O) groups excluding carboxylic acids is 1. The molecule has 1 amide bonds. The van der Waals surface area contributed by atoms with Crippen LogP contribution in [0.3, 0.4) is 0 Å². The minimum Gasteiger partial charge on any atom is -0.491 e. The highest BCUT2D eigenvalue weighted by Crippen LogP contribution is 2.50. The van der Waals surface area contributed by atoms with Gasteiger partial charge in [-0.2, -0.15) is 26.3 Å². The third kappa shape index (κ3) is 7.01. The van der Waals surface area contributed by atoms with E-state index in [1.54, 1.807) is 11.8 Å². The second-order valence-corrected chi connectivity index (χ2v) is 12.7. The summed E-state index contributed by atoms with van der Waals surface area (Å²) in [6, 6.07) is 9.87. The van der Waals surface area contributed by atoms with E-state index in [9.17, 15) is 36.2 Å². The molecule has 2 aromatic carbocycles. The number of halogens is 6. The first-order valence-electron chi connectivity index (χ1n) is 15.2. The zero-order chi connectivity index (χ0) is 34.2. The van der Waals surface area contributed by atoms with Gasteiger partial charge in [-0.25, -0.2) is 0 Å². The predicted molar refractivity (Wildman–Crippen MR) is 164 cm³/mol. The monoisotopic (exact) mass is 656 g/mol. The van der Waals surface area contributed by atoms with Gasteiger partial charge < -0.3 is 19.6 Å². The average Bonchev–Trinajstić information content (AvgIpc) is 3.33. The van der Waals surface area contributed by atoms with Gasteiger partial charge in [0.05, 0.1) is 18.2 Å². The normalized spacial score (nSPS) is 23.5. The Morgan fingerprint density at radius 1 is 1.04 bits per heavy atom. The Labute approximate surface area is 265 Å². The number of amides is 1. The minimum atomic E-state index is -5.98. The fraction of sp³-hybridized carbons (Fsp3) is 0.545. The first-order chi connectivity index (χ1) is 21.3. The van der Waals surface area contributed by atoms with Gasteiger partial charge in [-0.1, -0.05) is 30.4 Å². The van der Waals surface area contributed by atoms with Crippen molar-refractivity contribution in [3.05, 3.63) is 65.2 Å². The number of ether oxygens (including phenoxy) is 1. The van der Waals surface area contributed by atoms with Crippen molar-refractivity contribution < 1.29 is 41.0 Å². The number of allylic oxidation sites excluding steroid dienone is 1. The van der Waals surface area contributed by atoms with Gasteiger partial charge in [0, 0.05) is 49.6 Å². The van der Waals surface area contributed by atoms with Crippen LogP contribution in [0.4, 0.5) is 32.0 Å². The molecule has 0 radical (unpaired) electrons. The Morgan fingerprint density at radius 3 is 2.24 bits per heavy atom. The maximum absolute atomic E-state index is 13.6. The van der Waals surface area contributed by atoms with Gasteiger partial charge in [0.25, 0.3) is 5.60 Å². The van der Waals surface area contributed by atoms with Crippen LogP contribution in [0.25, 0.3) is 6.08 Å². The zero-order valence-electron chi connectivity index (χ0n) is 26.8. The van der Waals surface area contributed by atoms with Crippen molar-refractivity contribution in [2.24, 2.45) is 0 Å². The molecule has 0 saturated carbocycles. The average molecular weight is 657 g/mol. The number of carbonyl (C=O) groups is 1. The third-order valence-corrected chi connectivity index (χ3v) is 8.68. The highest BCUT2D eigenvalue weighted by Gasteiger charge is 2.71. The SMILES string of the molecule is CC=Cc1cc(C(O)(C(F)(F)F)C(F)(F)F)ccc1N1C[C@@H](C)N(C(=O)CN2CN[C@@](C)(c3ccc(OC(C)C)cc3)C2)CC1C. The number of rotatable bonds is 8. The summed E-state index contributed by atoms with van der Waals surface area (Å²) in [7, 11) is 0. The van der Waals surface area contributed by atoms with E-state index in [0.29, 0.717) is 38.1 Å². The van der Waals surface area contributed by atoms with Gasteiger partial charge in [0.15, 0.2) is 0 Å². The van der Waals surface area contributed by atoms with E-state index in [1.807, 2.05) is 61.8 Å². The molecule has 7 nitrogen and oxygen atoms in total. The van der Waals surface area contributed by atoms with E-state index in [1.165, 1.54) is 18.2 Å². The summed E-state index contributed by atoms with van der Waals surface area (Å²) in [5.41, 5.74) is -5.13. The second-order valence-electron chi connectivity index (χ2n) is 12.7. The molecule has 0 spiro atoms. The summed E-state index contributed by atoms with van der Waals surface area (Å²) in [6.45, 7) is 13.2. The van der Waals surface area contributed by atoms with Crippen LogP contribution < -0.4 is 15.0 Å². The van der Waals surface area contributed by atoms with Crippen molar-refractivity contribution in [3.8, 4) is 5.75 Å². The van der Waals surface area contributed by atoms with Gasteiger partial charge in [0.1, 0.15) is 5.75 Å². The first kappa shape index (κ1) is 35.6. The van der Waals surface area contributed by atoms with E-state index < -0.39 is 23.5 Å². The van der Waals surface area contributed by atoms with Crippen molar-refractivity contribution in [3.63, 3.8) is 0 Å². The number of benzene rings is 2. The van der Waals surface area contributed by atoms with Crippen molar-refractivity contribution in [2.45, 2.75) is 83.2 Å². The Bertz CT molecular complexity index is 1400. The topological polar surface area (TPSA) is 68.3 Å². The molecule has 2 fully saturated rings. The summed E-state index contributed by atoms with van der Waals surface area (Å²) in [6.07, 6.45) is -8.99. The summed E-state index contributed by atoms with van der Waals surface area (Å²) in [5, 5.41) is 13.5. The Balaban J connectivity index is 1.47. The molecule has 3 atom stereocenters. The number of hydrogen-bond donors (Lipinski definition) is 2. The number of piperazine rings is 1. The predicted octanol–water partition coefficient (Wildman–Crippen LogP) is 6.02. The molecule has 2 heterocycles.